The van der Waals surface area contributed by atoms with E-state index in [2.05, 4.69) is 13.8 Å². The van der Waals surface area contributed by atoms with Crippen LogP contribution in [-0.2, 0) is 23.9 Å². The third-order valence-corrected chi connectivity index (χ3v) is 10.3. The van der Waals surface area contributed by atoms with Crippen LogP contribution < -0.4 is 0 Å². The molecule has 0 bridgehead atoms. The first-order valence-corrected chi connectivity index (χ1v) is 13.2. The van der Waals surface area contributed by atoms with E-state index >= 15 is 0 Å². The molecular weight excluding hydrogens is 451 g/mol. The molecule has 32 heavy (non-hydrogen) atoms. The molecule has 4 saturated carbocycles. The second kappa shape index (κ2) is 9.09. The second-order valence-electron chi connectivity index (χ2n) is 11.2. The van der Waals surface area contributed by atoms with Gasteiger partial charge >= 0.3 is 11.9 Å². The lowest BCUT2D eigenvalue weighted by Crippen LogP contribution is -2.60. The van der Waals surface area contributed by atoms with Gasteiger partial charge in [-0.3, -0.25) is 14.4 Å². The third-order valence-electron chi connectivity index (χ3n) is 9.81. The topological polar surface area (TPSA) is 69.7 Å². The number of halogens is 2. The van der Waals surface area contributed by atoms with Gasteiger partial charge < -0.3 is 9.47 Å². The van der Waals surface area contributed by atoms with Crippen LogP contribution in [0, 0.1) is 40.4 Å². The summed E-state index contributed by atoms with van der Waals surface area (Å²) in [5.74, 6) is 0.908. The Hall–Kier alpha value is -0.810. The molecule has 0 aromatic rings. The quantitative estimate of drug-likeness (QED) is 0.397. The Balaban J connectivity index is 1.64. The molecule has 0 heterocycles. The number of hydrogen-bond donors (Lipinski definition) is 0. The fraction of sp³-hybridized carbons (Fsp3) is 0.880. The fourth-order valence-corrected chi connectivity index (χ4v) is 8.74. The normalized spacial score (nSPS) is 45.2. The maximum atomic E-state index is 12.5. The molecule has 7 heteroatoms. The molecular formula is C25H36Cl2O5. The number of Topliss-reactive ketones (excluding diaryl/α,β-unsaturated/α-hetero) is 1. The molecule has 9 atom stereocenters. The van der Waals surface area contributed by atoms with Gasteiger partial charge in [-0.15, -0.1) is 23.2 Å². The number of ether oxygens (including phenoxy) is 2. The van der Waals surface area contributed by atoms with Crippen molar-refractivity contribution in [3.05, 3.63) is 0 Å². The van der Waals surface area contributed by atoms with Gasteiger partial charge in [-0.05, 0) is 86.9 Å². The Bertz CT molecular complexity index is 771. The van der Waals surface area contributed by atoms with Crippen LogP contribution in [0.2, 0.25) is 0 Å². The number of rotatable bonds is 5. The van der Waals surface area contributed by atoms with Crippen LogP contribution in [-0.4, -0.2) is 41.7 Å². The van der Waals surface area contributed by atoms with Crippen LogP contribution in [0.5, 0.6) is 0 Å². The molecule has 0 N–H and O–H groups in total. The van der Waals surface area contributed by atoms with E-state index in [1.54, 1.807) is 6.92 Å². The molecule has 0 spiro atoms. The average molecular weight is 487 g/mol. The van der Waals surface area contributed by atoms with Crippen LogP contribution in [0.3, 0.4) is 0 Å². The molecule has 0 aliphatic heterocycles. The van der Waals surface area contributed by atoms with Crippen molar-refractivity contribution in [2.75, 3.05) is 11.8 Å². The van der Waals surface area contributed by atoms with E-state index in [1.807, 2.05) is 0 Å². The maximum Gasteiger partial charge on any atom is 0.321 e. The van der Waals surface area contributed by atoms with Gasteiger partial charge in [-0.25, -0.2) is 0 Å². The molecule has 180 valence electrons. The van der Waals surface area contributed by atoms with Crippen molar-refractivity contribution in [2.24, 2.45) is 40.4 Å². The van der Waals surface area contributed by atoms with Crippen molar-refractivity contribution in [1.29, 1.82) is 0 Å². The Kier molecular flexibility index (Phi) is 6.91. The largest absolute Gasteiger partial charge is 0.461 e. The molecule has 0 radical (unpaired) electrons. The zero-order valence-electron chi connectivity index (χ0n) is 19.4. The van der Waals surface area contributed by atoms with E-state index < -0.39 is 0 Å². The van der Waals surface area contributed by atoms with Gasteiger partial charge in [0.2, 0.25) is 0 Å². The van der Waals surface area contributed by atoms with Crippen molar-refractivity contribution in [1.82, 2.24) is 0 Å². The second-order valence-corrected chi connectivity index (χ2v) is 11.7. The molecule has 4 fully saturated rings. The van der Waals surface area contributed by atoms with Gasteiger partial charge in [0.25, 0.3) is 0 Å². The predicted octanol–water partition coefficient (Wildman–Crippen LogP) is 5.15. The van der Waals surface area contributed by atoms with E-state index in [0.29, 0.717) is 17.8 Å². The number of hydrogen-bond acceptors (Lipinski definition) is 5. The monoisotopic (exact) mass is 486 g/mol. The number of carbonyl (C=O) groups excluding carboxylic acids is 3. The Morgan fingerprint density at radius 1 is 0.906 bits per heavy atom. The Morgan fingerprint density at radius 3 is 2.25 bits per heavy atom. The van der Waals surface area contributed by atoms with Gasteiger partial charge in [0.05, 0.1) is 0 Å². The van der Waals surface area contributed by atoms with Gasteiger partial charge in [-0.2, -0.15) is 0 Å². The number of alkyl halides is 2. The van der Waals surface area contributed by atoms with Crippen LogP contribution in [0.25, 0.3) is 0 Å². The molecule has 5 nitrogen and oxygen atoms in total. The van der Waals surface area contributed by atoms with E-state index in [1.165, 1.54) is 0 Å². The minimum absolute atomic E-state index is 0.0136. The lowest BCUT2D eigenvalue weighted by molar-refractivity contribution is -0.200. The SMILES string of the molecule is CC(=O)[C@H]1CC[C@H]2[C@@H]3CC[C@H]4C[C@H](OC(=O)CCl)CC[C@]4(C)[C@H]3[C@@H](OC(=O)CCl)C[C@]12C. The van der Waals surface area contributed by atoms with Gasteiger partial charge in [-0.1, -0.05) is 13.8 Å². The molecule has 0 amide bonds. The van der Waals surface area contributed by atoms with Crippen molar-refractivity contribution < 1.29 is 23.9 Å². The summed E-state index contributed by atoms with van der Waals surface area (Å²) in [5, 5.41) is 0. The fourth-order valence-electron chi connectivity index (χ4n) is 8.61. The maximum absolute atomic E-state index is 12.5. The molecule has 0 aromatic carbocycles. The summed E-state index contributed by atoms with van der Waals surface area (Å²) in [6.45, 7) is 6.33. The van der Waals surface area contributed by atoms with E-state index in [-0.39, 0.29) is 64.4 Å². The minimum atomic E-state index is -0.370. The van der Waals surface area contributed by atoms with Crippen LogP contribution in [0.15, 0.2) is 0 Å². The van der Waals surface area contributed by atoms with Crippen LogP contribution in [0.4, 0.5) is 0 Å². The first-order valence-electron chi connectivity index (χ1n) is 12.2. The first kappa shape index (κ1) is 24.3. The molecule has 0 saturated heterocycles. The molecule has 4 aliphatic rings. The zero-order valence-corrected chi connectivity index (χ0v) is 20.9. The van der Waals surface area contributed by atoms with Crippen molar-refractivity contribution in [2.45, 2.75) is 84.3 Å². The van der Waals surface area contributed by atoms with Crippen LogP contribution >= 0.6 is 23.2 Å². The smallest absolute Gasteiger partial charge is 0.321 e. The lowest BCUT2D eigenvalue weighted by Gasteiger charge is -2.62. The Morgan fingerprint density at radius 2 is 1.59 bits per heavy atom. The van der Waals surface area contributed by atoms with Crippen molar-refractivity contribution >= 4 is 40.9 Å². The minimum Gasteiger partial charge on any atom is -0.461 e. The summed E-state index contributed by atoms with van der Waals surface area (Å²) in [4.78, 5) is 36.6. The highest BCUT2D eigenvalue weighted by atomic mass is 35.5. The molecule has 0 unspecified atom stereocenters. The zero-order chi connectivity index (χ0) is 23.3. The summed E-state index contributed by atoms with van der Waals surface area (Å²) in [5.41, 5.74) is -0.111. The predicted molar refractivity (Wildman–Crippen MR) is 122 cm³/mol. The highest BCUT2D eigenvalue weighted by molar-refractivity contribution is 6.26. The summed E-state index contributed by atoms with van der Waals surface area (Å²) < 4.78 is 11.6. The van der Waals surface area contributed by atoms with E-state index in [0.717, 1.165) is 51.4 Å². The van der Waals surface area contributed by atoms with Crippen LogP contribution in [0.1, 0.15) is 72.1 Å². The highest BCUT2D eigenvalue weighted by Crippen LogP contribution is 2.68. The number of ketones is 1. The number of fused-ring (bicyclic) bond motifs is 5. The van der Waals surface area contributed by atoms with Gasteiger partial charge in [0.15, 0.2) is 0 Å². The average Bonchev–Trinajstić information content (AvgIpc) is 3.10. The highest BCUT2D eigenvalue weighted by Gasteiger charge is 2.64. The van der Waals surface area contributed by atoms with Gasteiger partial charge in [0, 0.05) is 11.8 Å². The summed E-state index contributed by atoms with van der Waals surface area (Å²) in [7, 11) is 0. The van der Waals surface area contributed by atoms with E-state index in [4.69, 9.17) is 32.7 Å². The number of esters is 2. The lowest BCUT2D eigenvalue weighted by atomic mass is 9.43. The Labute approximate surface area is 201 Å². The summed E-state index contributed by atoms with van der Waals surface area (Å²) in [6, 6.07) is 0. The molecule has 4 rings (SSSR count). The summed E-state index contributed by atoms with van der Waals surface area (Å²) >= 11 is 11.5. The number of carbonyl (C=O) groups is 3. The summed E-state index contributed by atoms with van der Waals surface area (Å²) in [6.07, 6.45) is 7.20. The van der Waals surface area contributed by atoms with Crippen molar-refractivity contribution in [3.63, 3.8) is 0 Å². The standard InChI is InChI=1S/C25H36Cl2O5/c1-14(28)18-6-7-19-17-5-4-15-10-16(31-21(29)12-26)8-9-24(15,2)23(17)20(11-25(18,19)3)32-22(30)13-27/h15-20,23H,4-13H2,1-3H3/t15-,16+,17-,18+,19-,20-,23+,24-,25+/m0/s1. The van der Waals surface area contributed by atoms with Crippen molar-refractivity contribution in [3.8, 4) is 0 Å². The molecule has 4 aliphatic carbocycles. The van der Waals surface area contributed by atoms with Gasteiger partial charge in [0.1, 0.15) is 29.8 Å². The first-order chi connectivity index (χ1) is 15.1. The molecule has 0 aromatic heterocycles. The van der Waals surface area contributed by atoms with E-state index in [9.17, 15) is 14.4 Å². The third kappa shape index (κ3) is 4.00.